The van der Waals surface area contributed by atoms with E-state index in [0.717, 1.165) is 32.9 Å². The van der Waals surface area contributed by atoms with Crippen molar-refractivity contribution in [1.29, 1.82) is 0 Å². The van der Waals surface area contributed by atoms with Crippen molar-refractivity contribution in [3.05, 3.63) is 125 Å². The molecule has 1 heterocycles. The quantitative estimate of drug-likeness (QED) is 0.120. The van der Waals surface area contributed by atoms with E-state index in [9.17, 15) is 14.7 Å². The number of methoxy groups -OCH3 is 2. The van der Waals surface area contributed by atoms with Crippen LogP contribution in [-0.2, 0) is 32.0 Å². The maximum atomic E-state index is 13.0. The molecule has 2 amide bonds. The number of benzene rings is 4. The zero-order valence-electron chi connectivity index (χ0n) is 25.8. The fourth-order valence-corrected chi connectivity index (χ4v) is 6.27. The van der Waals surface area contributed by atoms with Crippen LogP contribution in [0.15, 0.2) is 108 Å². The zero-order chi connectivity index (χ0) is 32.3. The van der Waals surface area contributed by atoms with Gasteiger partial charge in [-0.1, -0.05) is 78.9 Å². The van der Waals surface area contributed by atoms with Crippen LogP contribution in [0.1, 0.15) is 41.1 Å². The first-order valence-corrected chi connectivity index (χ1v) is 16.0. The zero-order valence-corrected chi connectivity index (χ0v) is 26.6. The standard InChI is InChI=1S/C36H38N2O7S/c1-42-31-13-6-7-14-33(31)46-23-29-21-32(26-17-15-25(22-39)16-18-26)45-35(44-29)27-11-8-12-28(20-27)37-36(41)38-30(34(40)43-2)19-24-9-4-3-5-10-24/h3-18,20,29-30,32,35,39H,19,21-23H2,1-2H3,(H2,37,38,41). The molecule has 46 heavy (non-hydrogen) atoms. The highest BCUT2D eigenvalue weighted by Gasteiger charge is 2.32. The average Bonchev–Trinajstić information content (AvgIpc) is 3.10. The van der Waals surface area contributed by atoms with Crippen molar-refractivity contribution in [1.82, 2.24) is 5.32 Å². The lowest BCUT2D eigenvalue weighted by Crippen LogP contribution is -2.45. The summed E-state index contributed by atoms with van der Waals surface area (Å²) >= 11 is 1.66. The number of thioether (sulfide) groups is 1. The number of amides is 2. The number of aliphatic hydroxyl groups excluding tert-OH is 1. The van der Waals surface area contributed by atoms with Crippen LogP contribution < -0.4 is 15.4 Å². The molecular weight excluding hydrogens is 604 g/mol. The Morgan fingerprint density at radius 2 is 1.65 bits per heavy atom. The Balaban J connectivity index is 1.31. The molecule has 4 atom stereocenters. The van der Waals surface area contributed by atoms with Crippen LogP contribution in [-0.4, -0.2) is 49.2 Å². The summed E-state index contributed by atoms with van der Waals surface area (Å²) in [4.78, 5) is 26.5. The number of ether oxygens (including phenoxy) is 4. The molecule has 0 bridgehead atoms. The van der Waals surface area contributed by atoms with Gasteiger partial charge in [0.05, 0.1) is 33.0 Å². The molecule has 0 aromatic heterocycles. The van der Waals surface area contributed by atoms with Gasteiger partial charge in [-0.05, 0) is 41.0 Å². The number of carbonyl (C=O) groups excluding carboxylic acids is 2. The minimum atomic E-state index is -0.861. The van der Waals surface area contributed by atoms with E-state index in [0.29, 0.717) is 24.3 Å². The molecule has 4 aromatic carbocycles. The predicted octanol–water partition coefficient (Wildman–Crippen LogP) is 6.43. The number of aliphatic hydroxyl groups is 1. The molecule has 240 valence electrons. The highest BCUT2D eigenvalue weighted by molar-refractivity contribution is 7.99. The lowest BCUT2D eigenvalue weighted by molar-refractivity contribution is -0.245. The topological polar surface area (TPSA) is 115 Å². The van der Waals surface area contributed by atoms with E-state index in [1.807, 2.05) is 91.0 Å². The number of hydrogen-bond acceptors (Lipinski definition) is 8. The fraction of sp³-hybridized carbons (Fsp3) is 0.278. The van der Waals surface area contributed by atoms with E-state index in [-0.39, 0.29) is 18.8 Å². The highest BCUT2D eigenvalue weighted by atomic mass is 32.2. The molecule has 1 fully saturated rings. The smallest absolute Gasteiger partial charge is 0.328 e. The average molecular weight is 643 g/mol. The third-order valence-corrected chi connectivity index (χ3v) is 8.79. The van der Waals surface area contributed by atoms with Crippen molar-refractivity contribution < 1.29 is 33.6 Å². The molecule has 4 aromatic rings. The number of nitrogens with one attached hydrogen (secondary N) is 2. The summed E-state index contributed by atoms with van der Waals surface area (Å²) in [5.41, 5.74) is 3.95. The Bertz CT molecular complexity index is 1590. The van der Waals surface area contributed by atoms with Gasteiger partial charge < -0.3 is 34.7 Å². The Morgan fingerprint density at radius 1 is 0.891 bits per heavy atom. The van der Waals surface area contributed by atoms with Crippen molar-refractivity contribution in [2.24, 2.45) is 0 Å². The second kappa shape index (κ2) is 16.3. The number of carbonyl (C=O) groups is 2. The van der Waals surface area contributed by atoms with Gasteiger partial charge in [0.1, 0.15) is 11.8 Å². The van der Waals surface area contributed by atoms with Crippen LogP contribution >= 0.6 is 11.8 Å². The summed E-state index contributed by atoms with van der Waals surface area (Å²) in [5, 5.41) is 15.1. The number of esters is 1. The van der Waals surface area contributed by atoms with Crippen LogP contribution in [0.3, 0.4) is 0 Å². The summed E-state index contributed by atoms with van der Waals surface area (Å²) in [5.74, 6) is 0.941. The molecule has 9 nitrogen and oxygen atoms in total. The SMILES string of the molecule is COC(=O)C(Cc1ccccc1)NC(=O)Nc1cccc(C2OC(CSc3ccccc3OC)CC(c3ccc(CO)cc3)O2)c1. The molecule has 0 radical (unpaired) electrons. The Morgan fingerprint density at radius 3 is 2.39 bits per heavy atom. The van der Waals surface area contributed by atoms with Crippen molar-refractivity contribution in [3.8, 4) is 5.75 Å². The molecule has 0 saturated carbocycles. The normalized spacial score (nSPS) is 18.3. The van der Waals surface area contributed by atoms with Gasteiger partial charge >= 0.3 is 12.0 Å². The lowest BCUT2D eigenvalue weighted by Gasteiger charge is -2.36. The number of para-hydroxylation sites is 1. The summed E-state index contributed by atoms with van der Waals surface area (Å²) in [6, 6.07) is 30.9. The van der Waals surface area contributed by atoms with Gasteiger partial charge in [-0.3, -0.25) is 0 Å². The first kappa shape index (κ1) is 33.0. The second-order valence-corrected chi connectivity index (χ2v) is 11.9. The summed E-state index contributed by atoms with van der Waals surface area (Å²) in [6.07, 6.45) is -0.193. The van der Waals surface area contributed by atoms with E-state index in [1.54, 1.807) is 31.0 Å². The molecule has 1 saturated heterocycles. The fourth-order valence-electron chi connectivity index (χ4n) is 5.22. The predicted molar refractivity (Wildman–Crippen MR) is 177 cm³/mol. The van der Waals surface area contributed by atoms with Gasteiger partial charge in [0.2, 0.25) is 0 Å². The molecule has 1 aliphatic heterocycles. The van der Waals surface area contributed by atoms with Gasteiger partial charge in [-0.2, -0.15) is 0 Å². The summed E-state index contributed by atoms with van der Waals surface area (Å²) in [6.45, 7) is -0.0320. The van der Waals surface area contributed by atoms with Crippen LogP contribution in [0.4, 0.5) is 10.5 Å². The molecule has 10 heteroatoms. The van der Waals surface area contributed by atoms with E-state index in [4.69, 9.17) is 18.9 Å². The minimum Gasteiger partial charge on any atom is -0.496 e. The minimum absolute atomic E-state index is 0.0320. The summed E-state index contributed by atoms with van der Waals surface area (Å²) < 4.78 is 23.4. The first-order valence-electron chi connectivity index (χ1n) is 15.0. The van der Waals surface area contributed by atoms with Gasteiger partial charge in [0, 0.05) is 34.7 Å². The highest BCUT2D eigenvalue weighted by Crippen LogP contribution is 2.40. The van der Waals surface area contributed by atoms with E-state index >= 15 is 0 Å². The van der Waals surface area contributed by atoms with Gasteiger partial charge in [-0.25, -0.2) is 9.59 Å². The van der Waals surface area contributed by atoms with E-state index in [2.05, 4.69) is 10.6 Å². The Labute approximate surface area is 273 Å². The molecule has 5 rings (SSSR count). The maximum absolute atomic E-state index is 13.0. The van der Waals surface area contributed by atoms with Crippen molar-refractivity contribution in [2.45, 2.75) is 48.9 Å². The van der Waals surface area contributed by atoms with Gasteiger partial charge in [-0.15, -0.1) is 11.8 Å². The van der Waals surface area contributed by atoms with E-state index < -0.39 is 24.3 Å². The Kier molecular flexibility index (Phi) is 11.7. The van der Waals surface area contributed by atoms with Crippen molar-refractivity contribution in [3.63, 3.8) is 0 Å². The number of hydrogen-bond donors (Lipinski definition) is 3. The first-order chi connectivity index (χ1) is 22.4. The van der Waals surface area contributed by atoms with Gasteiger partial charge in [0.15, 0.2) is 6.29 Å². The van der Waals surface area contributed by atoms with Gasteiger partial charge in [0.25, 0.3) is 0 Å². The second-order valence-electron chi connectivity index (χ2n) is 10.8. The van der Waals surface area contributed by atoms with Crippen LogP contribution in [0.25, 0.3) is 0 Å². The van der Waals surface area contributed by atoms with Crippen LogP contribution in [0.2, 0.25) is 0 Å². The molecule has 4 unspecified atom stereocenters. The Hall–Kier alpha value is -4.35. The third-order valence-electron chi connectivity index (χ3n) is 7.60. The molecule has 1 aliphatic rings. The lowest BCUT2D eigenvalue weighted by atomic mass is 10.0. The number of anilines is 1. The summed E-state index contributed by atoms with van der Waals surface area (Å²) in [7, 11) is 2.95. The molecule has 0 aliphatic carbocycles. The molecule has 3 N–H and O–H groups in total. The van der Waals surface area contributed by atoms with Crippen LogP contribution in [0.5, 0.6) is 5.75 Å². The molecule has 0 spiro atoms. The molecular formula is C36H38N2O7S. The van der Waals surface area contributed by atoms with Crippen molar-refractivity contribution >= 4 is 29.4 Å². The maximum Gasteiger partial charge on any atom is 0.328 e. The van der Waals surface area contributed by atoms with E-state index in [1.165, 1.54) is 7.11 Å². The van der Waals surface area contributed by atoms with Crippen molar-refractivity contribution in [2.75, 3.05) is 25.3 Å². The third kappa shape index (κ3) is 8.88. The largest absolute Gasteiger partial charge is 0.496 e. The number of rotatable bonds is 12. The number of urea groups is 1. The monoisotopic (exact) mass is 642 g/mol. The van der Waals surface area contributed by atoms with Crippen LogP contribution in [0, 0.1) is 0 Å².